The van der Waals surface area contributed by atoms with Gasteiger partial charge in [0.2, 0.25) is 0 Å². The Morgan fingerprint density at radius 2 is 2.12 bits per heavy atom. The van der Waals surface area contributed by atoms with Gasteiger partial charge in [-0.25, -0.2) is 4.98 Å². The van der Waals surface area contributed by atoms with Crippen LogP contribution >= 0.6 is 39.9 Å². The average Bonchev–Trinajstić information content (AvgIpc) is 3.09. The number of hydrogen-bond acceptors (Lipinski definition) is 5. The molecule has 1 fully saturated rings. The first-order valence-electron chi connectivity index (χ1n) is 6.94. The zero-order valence-corrected chi connectivity index (χ0v) is 15.3. The van der Waals surface area contributed by atoms with Crippen molar-refractivity contribution < 1.29 is 4.79 Å². The summed E-state index contributed by atoms with van der Waals surface area (Å²) < 4.78 is 3.35. The number of amides is 1. The maximum absolute atomic E-state index is 12.7. The van der Waals surface area contributed by atoms with Crippen LogP contribution in [-0.4, -0.2) is 24.6 Å². The molecule has 0 radical (unpaired) electrons. The number of thioether (sulfide) groups is 1. The van der Waals surface area contributed by atoms with E-state index in [9.17, 15) is 4.79 Å². The topological polar surface area (TPSA) is 50.5 Å². The van der Waals surface area contributed by atoms with Crippen molar-refractivity contribution in [3.05, 3.63) is 64.1 Å². The Bertz CT molecular complexity index is 1000. The second-order valence-electron chi connectivity index (χ2n) is 4.99. The summed E-state index contributed by atoms with van der Waals surface area (Å²) in [4.78, 5) is 23.2. The Balaban J connectivity index is 1.74. The molecule has 1 saturated heterocycles. The highest BCUT2D eigenvalue weighted by atomic mass is 79.9. The quantitative estimate of drug-likeness (QED) is 0.468. The number of thiocarbonyl (C=S) groups is 1. The molecule has 0 spiro atoms. The monoisotopic (exact) mass is 416 g/mol. The molecule has 0 unspecified atom stereocenters. The molecule has 0 N–H and O–H groups in total. The van der Waals surface area contributed by atoms with Crippen LogP contribution in [0, 0.1) is 0 Å². The third-order valence-electron chi connectivity index (χ3n) is 3.47. The smallest absolute Gasteiger partial charge is 0.270 e. The van der Waals surface area contributed by atoms with Crippen LogP contribution < -0.4 is 4.90 Å². The van der Waals surface area contributed by atoms with Gasteiger partial charge in [0.05, 0.1) is 28.7 Å². The molecule has 3 aromatic rings. The van der Waals surface area contributed by atoms with Gasteiger partial charge < -0.3 is 0 Å². The largest absolute Gasteiger partial charge is 0.299 e. The zero-order chi connectivity index (χ0) is 16.7. The van der Waals surface area contributed by atoms with Gasteiger partial charge in [-0.2, -0.15) is 0 Å². The fourth-order valence-electron chi connectivity index (χ4n) is 2.39. The molecular weight excluding hydrogens is 408 g/mol. The Labute approximate surface area is 155 Å². The van der Waals surface area contributed by atoms with Gasteiger partial charge in [0, 0.05) is 16.9 Å². The SMILES string of the molecule is O=C1/C(=C/c2cnc3ccc(Br)cn23)SC(=S)N1c1cccnc1. The lowest BCUT2D eigenvalue weighted by molar-refractivity contribution is -0.113. The van der Waals surface area contributed by atoms with Gasteiger partial charge in [-0.3, -0.25) is 19.1 Å². The number of halogens is 1. The van der Waals surface area contributed by atoms with E-state index in [1.165, 1.54) is 16.7 Å². The molecule has 24 heavy (non-hydrogen) atoms. The number of anilines is 1. The van der Waals surface area contributed by atoms with Gasteiger partial charge in [0.25, 0.3) is 5.91 Å². The predicted molar refractivity (Wildman–Crippen MR) is 103 cm³/mol. The number of carbonyl (C=O) groups is 1. The van der Waals surface area contributed by atoms with Gasteiger partial charge in [-0.1, -0.05) is 24.0 Å². The number of nitrogens with zero attached hydrogens (tertiary/aromatic N) is 4. The van der Waals surface area contributed by atoms with E-state index in [1.54, 1.807) is 24.7 Å². The summed E-state index contributed by atoms with van der Waals surface area (Å²) in [6.45, 7) is 0. The molecule has 118 valence electrons. The lowest BCUT2D eigenvalue weighted by atomic mass is 10.3. The minimum Gasteiger partial charge on any atom is -0.299 e. The van der Waals surface area contributed by atoms with E-state index in [0.29, 0.717) is 14.9 Å². The number of hydrogen-bond donors (Lipinski definition) is 0. The predicted octanol–water partition coefficient (Wildman–Crippen LogP) is 3.90. The summed E-state index contributed by atoms with van der Waals surface area (Å²) in [5.74, 6) is -0.150. The lowest BCUT2D eigenvalue weighted by Crippen LogP contribution is -2.27. The van der Waals surface area contributed by atoms with Crippen molar-refractivity contribution in [1.29, 1.82) is 0 Å². The fraction of sp³-hybridized carbons (Fsp3) is 0. The van der Waals surface area contributed by atoms with Crippen molar-refractivity contribution in [2.24, 2.45) is 0 Å². The van der Waals surface area contributed by atoms with Crippen LogP contribution in [0.3, 0.4) is 0 Å². The second-order valence-corrected chi connectivity index (χ2v) is 7.58. The maximum Gasteiger partial charge on any atom is 0.270 e. The first-order valence-corrected chi connectivity index (χ1v) is 8.96. The number of pyridine rings is 2. The molecule has 4 rings (SSSR count). The molecular formula is C16H9BrN4OS2. The number of imidazole rings is 1. The van der Waals surface area contributed by atoms with Crippen molar-refractivity contribution in [3.63, 3.8) is 0 Å². The highest BCUT2D eigenvalue weighted by Crippen LogP contribution is 2.35. The second kappa shape index (κ2) is 6.12. The summed E-state index contributed by atoms with van der Waals surface area (Å²) in [7, 11) is 0. The van der Waals surface area contributed by atoms with E-state index in [1.807, 2.05) is 34.9 Å². The molecule has 0 aliphatic carbocycles. The van der Waals surface area contributed by atoms with E-state index in [-0.39, 0.29) is 5.91 Å². The summed E-state index contributed by atoms with van der Waals surface area (Å²) in [5.41, 5.74) is 2.30. The third-order valence-corrected chi connectivity index (χ3v) is 5.25. The minimum atomic E-state index is -0.150. The molecule has 0 atom stereocenters. The van der Waals surface area contributed by atoms with Gasteiger partial charge in [0.1, 0.15) is 5.65 Å². The highest BCUT2D eigenvalue weighted by Gasteiger charge is 2.33. The summed E-state index contributed by atoms with van der Waals surface area (Å²) in [6, 6.07) is 7.42. The van der Waals surface area contributed by atoms with Crippen molar-refractivity contribution in [2.45, 2.75) is 0 Å². The molecule has 3 aromatic heterocycles. The average molecular weight is 417 g/mol. The molecule has 8 heteroatoms. The van der Waals surface area contributed by atoms with Gasteiger partial charge in [-0.15, -0.1) is 0 Å². The number of rotatable bonds is 2. The summed E-state index contributed by atoms with van der Waals surface area (Å²) >= 11 is 10.1. The number of carbonyl (C=O) groups excluding carboxylic acids is 1. The van der Waals surface area contributed by atoms with Crippen LogP contribution in [0.25, 0.3) is 11.7 Å². The van der Waals surface area contributed by atoms with Gasteiger partial charge >= 0.3 is 0 Å². The van der Waals surface area contributed by atoms with Crippen molar-refractivity contribution in [1.82, 2.24) is 14.4 Å². The Kier molecular flexibility index (Phi) is 3.95. The minimum absolute atomic E-state index is 0.150. The van der Waals surface area contributed by atoms with Gasteiger partial charge in [0.15, 0.2) is 4.32 Å². The van der Waals surface area contributed by atoms with E-state index in [4.69, 9.17) is 12.2 Å². The first kappa shape index (κ1) is 15.5. The van der Waals surface area contributed by atoms with Crippen LogP contribution in [-0.2, 0) is 4.79 Å². The molecule has 1 amide bonds. The van der Waals surface area contributed by atoms with Gasteiger partial charge in [-0.05, 0) is 46.3 Å². The highest BCUT2D eigenvalue weighted by molar-refractivity contribution is 9.10. The van der Waals surface area contributed by atoms with Crippen molar-refractivity contribution in [3.8, 4) is 0 Å². The van der Waals surface area contributed by atoms with E-state index in [0.717, 1.165) is 15.8 Å². The lowest BCUT2D eigenvalue weighted by Gasteiger charge is -2.13. The molecule has 0 aromatic carbocycles. The van der Waals surface area contributed by atoms with Crippen LogP contribution in [0.2, 0.25) is 0 Å². The van der Waals surface area contributed by atoms with E-state index < -0.39 is 0 Å². The van der Waals surface area contributed by atoms with Crippen LogP contribution in [0.4, 0.5) is 5.69 Å². The molecule has 0 bridgehead atoms. The zero-order valence-electron chi connectivity index (χ0n) is 12.1. The molecule has 1 aliphatic heterocycles. The van der Waals surface area contributed by atoms with Crippen molar-refractivity contribution >= 4 is 67.5 Å². The molecule has 4 heterocycles. The number of aromatic nitrogens is 3. The Morgan fingerprint density at radius 3 is 2.92 bits per heavy atom. The maximum atomic E-state index is 12.7. The summed E-state index contributed by atoms with van der Waals surface area (Å²) in [6.07, 6.45) is 8.74. The Morgan fingerprint density at radius 1 is 1.25 bits per heavy atom. The van der Waals surface area contributed by atoms with Crippen molar-refractivity contribution in [2.75, 3.05) is 4.90 Å². The summed E-state index contributed by atoms with van der Waals surface area (Å²) in [5, 5.41) is 0. The molecule has 0 saturated carbocycles. The normalized spacial score (nSPS) is 16.5. The molecule has 1 aliphatic rings. The van der Waals surface area contributed by atoms with Crippen LogP contribution in [0.5, 0.6) is 0 Å². The van der Waals surface area contributed by atoms with Crippen LogP contribution in [0.1, 0.15) is 5.69 Å². The fourth-order valence-corrected chi connectivity index (χ4v) is 4.01. The third kappa shape index (κ3) is 2.66. The molecule has 5 nitrogen and oxygen atoms in total. The Hall–Kier alpha value is -2.03. The standard InChI is InChI=1S/C16H9BrN4OS2/c17-10-3-4-14-19-8-12(20(14)9-10)6-13-15(22)21(16(23)24-13)11-2-1-5-18-7-11/h1-9H/b13-6-. The first-order chi connectivity index (χ1) is 11.6. The van der Waals surface area contributed by atoms with Crippen LogP contribution in [0.15, 0.2) is 58.4 Å². The van der Waals surface area contributed by atoms with E-state index >= 15 is 0 Å². The van der Waals surface area contributed by atoms with E-state index in [2.05, 4.69) is 25.9 Å². The number of fused-ring (bicyclic) bond motifs is 1.